The largest absolute Gasteiger partial charge is 0.494 e. The predicted octanol–water partition coefficient (Wildman–Crippen LogP) is 3.01. The van der Waals surface area contributed by atoms with E-state index in [2.05, 4.69) is 10.5 Å². The molecule has 0 atom stereocenters. The van der Waals surface area contributed by atoms with Crippen molar-refractivity contribution in [3.8, 4) is 5.75 Å². The van der Waals surface area contributed by atoms with E-state index >= 15 is 0 Å². The predicted molar refractivity (Wildman–Crippen MR) is 116 cm³/mol. The molecule has 0 bridgehead atoms. The maximum absolute atomic E-state index is 12.2. The zero-order valence-electron chi connectivity index (χ0n) is 17.2. The molecule has 7 nitrogen and oxygen atoms in total. The van der Waals surface area contributed by atoms with Gasteiger partial charge in [0.15, 0.2) is 0 Å². The fourth-order valence-corrected chi connectivity index (χ4v) is 3.34. The number of hydrogen-bond donors (Lipinski definition) is 1. The summed E-state index contributed by atoms with van der Waals surface area (Å²) in [7, 11) is -3.63. The third-order valence-electron chi connectivity index (χ3n) is 4.22. The van der Waals surface area contributed by atoms with Gasteiger partial charge in [-0.05, 0) is 73.4 Å². The van der Waals surface area contributed by atoms with Crippen LogP contribution in [0.2, 0.25) is 0 Å². The number of sulfonamides is 1. The molecule has 2 rings (SSSR count). The van der Waals surface area contributed by atoms with E-state index in [1.807, 2.05) is 51.1 Å². The molecule has 29 heavy (non-hydrogen) atoms. The van der Waals surface area contributed by atoms with Crippen LogP contribution in [0.25, 0.3) is 0 Å². The maximum Gasteiger partial charge on any atom is 0.260 e. The van der Waals surface area contributed by atoms with Gasteiger partial charge in [-0.15, -0.1) is 0 Å². The molecule has 2 aromatic rings. The fraction of sp³-hybridized carbons (Fsp3) is 0.333. The van der Waals surface area contributed by atoms with Crippen LogP contribution in [-0.2, 0) is 14.8 Å². The SMILES string of the molecule is CCCOc1ccc(/C=N\NC(=O)CN(c2ccc(C)c(C)c2)S(C)(=O)=O)cc1. The summed E-state index contributed by atoms with van der Waals surface area (Å²) < 4.78 is 30.9. The average Bonchev–Trinajstić information content (AvgIpc) is 2.67. The molecule has 0 saturated carbocycles. The number of anilines is 1. The standard InChI is InChI=1S/C21H27N3O4S/c1-5-12-28-20-10-7-18(8-11-20)14-22-23-21(25)15-24(29(4,26)27)19-9-6-16(2)17(3)13-19/h6-11,13-14H,5,12,15H2,1-4H3,(H,23,25)/b22-14-. The second kappa shape index (κ2) is 10.1. The second-order valence-corrected chi connectivity index (χ2v) is 8.66. The van der Waals surface area contributed by atoms with Crippen LogP contribution >= 0.6 is 0 Å². The number of nitrogens with one attached hydrogen (secondary N) is 1. The molecule has 0 unspecified atom stereocenters. The minimum absolute atomic E-state index is 0.359. The molecule has 0 aromatic heterocycles. The van der Waals surface area contributed by atoms with E-state index in [0.717, 1.165) is 39.4 Å². The number of hydrogen-bond acceptors (Lipinski definition) is 5. The number of rotatable bonds is 9. The molecule has 0 aliphatic heterocycles. The van der Waals surface area contributed by atoms with Gasteiger partial charge in [0.25, 0.3) is 5.91 Å². The Morgan fingerprint density at radius 2 is 1.83 bits per heavy atom. The minimum Gasteiger partial charge on any atom is -0.494 e. The molecule has 2 aromatic carbocycles. The van der Waals surface area contributed by atoms with Gasteiger partial charge in [-0.3, -0.25) is 9.10 Å². The van der Waals surface area contributed by atoms with Crippen LogP contribution in [-0.4, -0.2) is 39.9 Å². The van der Waals surface area contributed by atoms with Crippen molar-refractivity contribution in [3.63, 3.8) is 0 Å². The van der Waals surface area contributed by atoms with Crippen LogP contribution in [0.1, 0.15) is 30.0 Å². The lowest BCUT2D eigenvalue weighted by Gasteiger charge is -2.22. The third kappa shape index (κ3) is 6.90. The first kappa shape index (κ1) is 22.4. The number of benzene rings is 2. The van der Waals surface area contributed by atoms with Gasteiger partial charge in [0, 0.05) is 0 Å². The summed E-state index contributed by atoms with van der Waals surface area (Å²) in [6.45, 7) is 6.16. The molecule has 0 aliphatic rings. The Hall–Kier alpha value is -2.87. The second-order valence-electron chi connectivity index (χ2n) is 6.75. The molecule has 1 N–H and O–H groups in total. The van der Waals surface area contributed by atoms with E-state index in [0.29, 0.717) is 12.3 Å². The Labute approximate surface area is 172 Å². The van der Waals surface area contributed by atoms with Crippen LogP contribution in [0.5, 0.6) is 5.75 Å². The molecule has 8 heteroatoms. The lowest BCUT2D eigenvalue weighted by Crippen LogP contribution is -2.39. The van der Waals surface area contributed by atoms with Crippen molar-refractivity contribution in [1.29, 1.82) is 0 Å². The van der Waals surface area contributed by atoms with Crippen molar-refractivity contribution >= 4 is 27.8 Å². The van der Waals surface area contributed by atoms with Gasteiger partial charge in [0.05, 0.1) is 24.8 Å². The zero-order valence-corrected chi connectivity index (χ0v) is 18.0. The smallest absolute Gasteiger partial charge is 0.260 e. The molecule has 0 saturated heterocycles. The van der Waals surface area contributed by atoms with Gasteiger partial charge < -0.3 is 4.74 Å². The first-order valence-electron chi connectivity index (χ1n) is 9.30. The monoisotopic (exact) mass is 417 g/mol. The highest BCUT2D eigenvalue weighted by molar-refractivity contribution is 7.92. The van der Waals surface area contributed by atoms with Gasteiger partial charge in [0.2, 0.25) is 10.0 Å². The molecule has 0 spiro atoms. The van der Waals surface area contributed by atoms with Crippen molar-refractivity contribution in [3.05, 3.63) is 59.2 Å². The first-order valence-corrected chi connectivity index (χ1v) is 11.1. The van der Waals surface area contributed by atoms with Gasteiger partial charge in [-0.2, -0.15) is 5.10 Å². The van der Waals surface area contributed by atoms with E-state index in [1.54, 1.807) is 12.1 Å². The van der Waals surface area contributed by atoms with Crippen molar-refractivity contribution < 1.29 is 17.9 Å². The summed E-state index contributed by atoms with van der Waals surface area (Å²) in [5.41, 5.74) is 5.58. The number of aryl methyl sites for hydroxylation is 2. The summed E-state index contributed by atoms with van der Waals surface area (Å²) in [5.74, 6) is 0.234. The van der Waals surface area contributed by atoms with Gasteiger partial charge in [-0.1, -0.05) is 13.0 Å². The van der Waals surface area contributed by atoms with Gasteiger partial charge in [-0.25, -0.2) is 13.8 Å². The van der Waals surface area contributed by atoms with Crippen molar-refractivity contribution in [2.75, 3.05) is 23.7 Å². The van der Waals surface area contributed by atoms with Crippen molar-refractivity contribution in [2.24, 2.45) is 5.10 Å². The van der Waals surface area contributed by atoms with E-state index in [1.165, 1.54) is 6.21 Å². The number of hydrazone groups is 1. The minimum atomic E-state index is -3.63. The number of carbonyl (C=O) groups is 1. The summed E-state index contributed by atoms with van der Waals surface area (Å²) in [6, 6.07) is 12.5. The Kier molecular flexibility index (Phi) is 7.78. The topological polar surface area (TPSA) is 88.1 Å². The lowest BCUT2D eigenvalue weighted by molar-refractivity contribution is -0.119. The number of nitrogens with zero attached hydrogens (tertiary/aromatic N) is 2. The highest BCUT2D eigenvalue weighted by Crippen LogP contribution is 2.21. The van der Waals surface area contributed by atoms with Crippen molar-refractivity contribution in [1.82, 2.24) is 5.43 Å². The summed E-state index contributed by atoms with van der Waals surface area (Å²) in [4.78, 5) is 12.2. The van der Waals surface area contributed by atoms with Gasteiger partial charge >= 0.3 is 0 Å². The van der Waals surface area contributed by atoms with Crippen LogP contribution in [0.4, 0.5) is 5.69 Å². The summed E-state index contributed by atoms with van der Waals surface area (Å²) in [6.07, 6.45) is 3.49. The number of carbonyl (C=O) groups excluding carboxylic acids is 1. The van der Waals surface area contributed by atoms with E-state index in [-0.39, 0.29) is 6.54 Å². The summed E-state index contributed by atoms with van der Waals surface area (Å²) in [5, 5.41) is 3.91. The molecular weight excluding hydrogens is 390 g/mol. The van der Waals surface area contributed by atoms with Crippen molar-refractivity contribution in [2.45, 2.75) is 27.2 Å². The third-order valence-corrected chi connectivity index (χ3v) is 5.36. The molecule has 0 fully saturated rings. The highest BCUT2D eigenvalue weighted by atomic mass is 32.2. The molecule has 156 valence electrons. The molecular formula is C21H27N3O4S. The molecule has 0 aliphatic carbocycles. The first-order chi connectivity index (χ1) is 13.7. The molecule has 0 heterocycles. The Morgan fingerprint density at radius 3 is 2.41 bits per heavy atom. The lowest BCUT2D eigenvalue weighted by atomic mass is 10.1. The zero-order chi connectivity index (χ0) is 21.4. The quantitative estimate of drug-likeness (QED) is 0.502. The Balaban J connectivity index is 2.01. The normalized spacial score (nSPS) is 11.4. The highest BCUT2D eigenvalue weighted by Gasteiger charge is 2.21. The Morgan fingerprint density at radius 1 is 1.14 bits per heavy atom. The van der Waals surface area contributed by atoms with E-state index in [9.17, 15) is 13.2 Å². The Bertz CT molecular complexity index is 970. The van der Waals surface area contributed by atoms with Crippen LogP contribution < -0.4 is 14.5 Å². The fourth-order valence-electron chi connectivity index (χ4n) is 2.50. The maximum atomic E-state index is 12.2. The molecule has 0 radical (unpaired) electrons. The average molecular weight is 418 g/mol. The van der Waals surface area contributed by atoms with Crippen LogP contribution in [0.15, 0.2) is 47.6 Å². The summed E-state index contributed by atoms with van der Waals surface area (Å²) >= 11 is 0. The number of amides is 1. The van der Waals surface area contributed by atoms with Crippen LogP contribution in [0.3, 0.4) is 0 Å². The number of ether oxygens (including phenoxy) is 1. The van der Waals surface area contributed by atoms with E-state index < -0.39 is 15.9 Å². The van der Waals surface area contributed by atoms with E-state index in [4.69, 9.17) is 4.74 Å². The van der Waals surface area contributed by atoms with Crippen LogP contribution in [0, 0.1) is 13.8 Å². The van der Waals surface area contributed by atoms with Gasteiger partial charge in [0.1, 0.15) is 12.3 Å². The molecule has 1 amide bonds.